The zero-order chi connectivity index (χ0) is 19.3. The number of nitrogens with zero attached hydrogens (tertiary/aromatic N) is 1. The number of H-pyrrole nitrogens is 1. The SMILES string of the molecule is Nc1ccccc1S(=O)(=O)O.O=C(O)c1cc(=O)n(-c2ccccc2)[nH]1. The van der Waals surface area contributed by atoms with E-state index in [4.69, 9.17) is 15.4 Å². The summed E-state index contributed by atoms with van der Waals surface area (Å²) in [4.78, 5) is 21.8. The van der Waals surface area contributed by atoms with Crippen LogP contribution in [0.25, 0.3) is 5.69 Å². The molecule has 0 aliphatic carbocycles. The third-order valence-corrected chi connectivity index (χ3v) is 4.09. The highest BCUT2D eigenvalue weighted by Crippen LogP contribution is 2.15. The summed E-state index contributed by atoms with van der Waals surface area (Å²) in [6.45, 7) is 0. The van der Waals surface area contributed by atoms with E-state index >= 15 is 0 Å². The summed E-state index contributed by atoms with van der Waals surface area (Å²) in [5.74, 6) is -1.15. The van der Waals surface area contributed by atoms with Gasteiger partial charge in [0.05, 0.1) is 11.4 Å². The molecular formula is C16H15N3O6S. The van der Waals surface area contributed by atoms with Gasteiger partial charge in [-0.3, -0.25) is 14.4 Å². The van der Waals surface area contributed by atoms with Crippen LogP contribution in [0.2, 0.25) is 0 Å². The summed E-state index contributed by atoms with van der Waals surface area (Å²) >= 11 is 0. The van der Waals surface area contributed by atoms with E-state index in [-0.39, 0.29) is 16.3 Å². The molecule has 0 radical (unpaired) electrons. The fourth-order valence-corrected chi connectivity index (χ4v) is 2.61. The number of hydrogen-bond acceptors (Lipinski definition) is 5. The van der Waals surface area contributed by atoms with Gasteiger partial charge in [0.2, 0.25) is 0 Å². The quantitative estimate of drug-likeness (QED) is 0.397. The average molecular weight is 377 g/mol. The first-order valence-corrected chi connectivity index (χ1v) is 8.57. The molecule has 3 aromatic rings. The Kier molecular flexibility index (Phi) is 5.60. The van der Waals surface area contributed by atoms with Crippen molar-refractivity contribution in [3.05, 3.63) is 76.7 Å². The number of carboxylic acid groups (broad SMARTS) is 1. The molecule has 0 amide bonds. The summed E-state index contributed by atoms with van der Waals surface area (Å²) in [6.07, 6.45) is 0. The first-order valence-electron chi connectivity index (χ1n) is 7.13. The van der Waals surface area contributed by atoms with E-state index in [1.54, 1.807) is 30.3 Å². The van der Waals surface area contributed by atoms with Crippen LogP contribution in [0.1, 0.15) is 10.5 Å². The molecular weight excluding hydrogens is 362 g/mol. The number of nitrogen functional groups attached to an aromatic ring is 1. The molecule has 2 aromatic carbocycles. The van der Waals surface area contributed by atoms with Gasteiger partial charge in [0, 0.05) is 6.07 Å². The number of hydrogen-bond donors (Lipinski definition) is 4. The van der Waals surface area contributed by atoms with E-state index in [9.17, 15) is 18.0 Å². The van der Waals surface area contributed by atoms with Gasteiger partial charge in [-0.1, -0.05) is 30.3 Å². The third kappa shape index (κ3) is 4.59. The predicted molar refractivity (Wildman–Crippen MR) is 94.0 cm³/mol. The Morgan fingerprint density at radius 1 is 1.04 bits per heavy atom. The summed E-state index contributed by atoms with van der Waals surface area (Å²) in [5.41, 5.74) is 5.41. The molecule has 0 saturated heterocycles. The number of benzene rings is 2. The Balaban J connectivity index is 0.000000197. The Hall–Kier alpha value is -3.37. The number of carbonyl (C=O) groups is 1. The molecule has 1 heterocycles. The van der Waals surface area contributed by atoms with Crippen LogP contribution in [0.4, 0.5) is 5.69 Å². The van der Waals surface area contributed by atoms with E-state index in [2.05, 4.69) is 5.10 Å². The third-order valence-electron chi connectivity index (χ3n) is 3.16. The highest BCUT2D eigenvalue weighted by atomic mass is 32.2. The fourth-order valence-electron chi connectivity index (χ4n) is 1.99. The normalized spacial score (nSPS) is 10.7. The molecule has 0 aliphatic heterocycles. The molecule has 136 valence electrons. The zero-order valence-electron chi connectivity index (χ0n) is 13.2. The second-order valence-corrected chi connectivity index (χ2v) is 6.39. The minimum absolute atomic E-state index is 0.0509. The number of aromatic carboxylic acids is 1. The second-order valence-electron chi connectivity index (χ2n) is 5.00. The number of rotatable bonds is 3. The van der Waals surface area contributed by atoms with Gasteiger partial charge in [0.25, 0.3) is 15.7 Å². The Bertz CT molecular complexity index is 1070. The lowest BCUT2D eigenvalue weighted by molar-refractivity contribution is 0.0690. The van der Waals surface area contributed by atoms with E-state index in [0.717, 1.165) is 6.07 Å². The summed E-state index contributed by atoms with van der Waals surface area (Å²) in [7, 11) is -4.16. The summed E-state index contributed by atoms with van der Waals surface area (Å²) < 4.78 is 30.8. The van der Waals surface area contributed by atoms with Crippen molar-refractivity contribution in [3.8, 4) is 5.69 Å². The number of carboxylic acids is 1. The standard InChI is InChI=1S/C10H8N2O3.C6H7NO3S/c13-9-6-8(10(14)15)11-12(9)7-4-2-1-3-5-7;7-5-3-1-2-4-6(5)11(8,9)10/h1-6,11H,(H,14,15);1-4H,7H2,(H,8,9,10). The molecule has 1 aromatic heterocycles. The molecule has 0 aliphatic rings. The minimum atomic E-state index is -4.16. The smallest absolute Gasteiger partial charge is 0.353 e. The molecule has 10 heteroatoms. The van der Waals surface area contributed by atoms with Crippen LogP contribution < -0.4 is 11.3 Å². The van der Waals surface area contributed by atoms with Gasteiger partial charge in [0.15, 0.2) is 0 Å². The van der Waals surface area contributed by atoms with Crippen molar-refractivity contribution in [3.63, 3.8) is 0 Å². The maximum absolute atomic E-state index is 11.4. The maximum Gasteiger partial charge on any atom is 0.353 e. The van der Waals surface area contributed by atoms with E-state index in [0.29, 0.717) is 5.69 Å². The predicted octanol–water partition coefficient (Wildman–Crippen LogP) is 1.38. The fraction of sp³-hybridized carbons (Fsp3) is 0. The molecule has 5 N–H and O–H groups in total. The molecule has 0 fully saturated rings. The number of aromatic amines is 1. The lowest BCUT2D eigenvalue weighted by atomic mass is 10.3. The number of aromatic nitrogens is 2. The van der Waals surface area contributed by atoms with Crippen molar-refractivity contribution in [1.29, 1.82) is 0 Å². The van der Waals surface area contributed by atoms with E-state index < -0.39 is 21.6 Å². The van der Waals surface area contributed by atoms with Crippen LogP contribution in [0, 0.1) is 0 Å². The van der Waals surface area contributed by atoms with Crippen LogP contribution in [0.5, 0.6) is 0 Å². The Labute approximate surface area is 148 Å². The van der Waals surface area contributed by atoms with Gasteiger partial charge in [-0.05, 0) is 24.3 Å². The van der Waals surface area contributed by atoms with Gasteiger partial charge in [0.1, 0.15) is 10.6 Å². The number of nitrogens with two attached hydrogens (primary N) is 1. The monoisotopic (exact) mass is 377 g/mol. The van der Waals surface area contributed by atoms with Crippen molar-refractivity contribution in [2.45, 2.75) is 4.90 Å². The van der Waals surface area contributed by atoms with Crippen molar-refractivity contribution in [2.75, 3.05) is 5.73 Å². The summed E-state index contributed by atoms with van der Waals surface area (Å²) in [5, 5.41) is 11.2. The van der Waals surface area contributed by atoms with Crippen molar-refractivity contribution < 1.29 is 22.9 Å². The molecule has 0 saturated carbocycles. The Morgan fingerprint density at radius 2 is 1.62 bits per heavy atom. The first-order chi connectivity index (χ1) is 12.2. The molecule has 0 atom stereocenters. The van der Waals surface area contributed by atoms with Crippen molar-refractivity contribution in [1.82, 2.24) is 9.78 Å². The summed E-state index contributed by atoms with van der Waals surface area (Å²) in [6, 6.07) is 15.5. The van der Waals surface area contributed by atoms with Gasteiger partial charge < -0.3 is 10.8 Å². The average Bonchev–Trinajstić information content (AvgIpc) is 2.98. The molecule has 0 spiro atoms. The molecule has 9 nitrogen and oxygen atoms in total. The van der Waals surface area contributed by atoms with Crippen LogP contribution in [0.15, 0.2) is 70.4 Å². The van der Waals surface area contributed by atoms with Crippen LogP contribution >= 0.6 is 0 Å². The van der Waals surface area contributed by atoms with Crippen molar-refractivity contribution in [2.24, 2.45) is 0 Å². The largest absolute Gasteiger partial charge is 0.477 e. The topological polar surface area (TPSA) is 155 Å². The maximum atomic E-state index is 11.4. The van der Waals surface area contributed by atoms with Gasteiger partial charge in [-0.2, -0.15) is 8.42 Å². The highest BCUT2D eigenvalue weighted by molar-refractivity contribution is 7.86. The van der Waals surface area contributed by atoms with Gasteiger partial charge >= 0.3 is 5.97 Å². The number of anilines is 1. The van der Waals surface area contributed by atoms with Gasteiger partial charge in [-0.25, -0.2) is 9.48 Å². The lowest BCUT2D eigenvalue weighted by Crippen LogP contribution is -2.13. The minimum Gasteiger partial charge on any atom is -0.477 e. The first kappa shape index (κ1) is 19.0. The van der Waals surface area contributed by atoms with Crippen molar-refractivity contribution >= 4 is 21.8 Å². The molecule has 0 bridgehead atoms. The Morgan fingerprint density at radius 3 is 2.08 bits per heavy atom. The second kappa shape index (κ2) is 7.68. The van der Waals surface area contributed by atoms with Crippen LogP contribution in [-0.2, 0) is 10.1 Å². The zero-order valence-corrected chi connectivity index (χ0v) is 14.1. The van der Waals surface area contributed by atoms with Crippen LogP contribution in [0.3, 0.4) is 0 Å². The molecule has 3 rings (SSSR count). The molecule has 0 unspecified atom stereocenters. The van der Waals surface area contributed by atoms with Crippen LogP contribution in [-0.4, -0.2) is 33.8 Å². The number of nitrogens with one attached hydrogen (secondary N) is 1. The number of para-hydroxylation sites is 2. The van der Waals surface area contributed by atoms with Gasteiger partial charge in [-0.15, -0.1) is 0 Å². The van der Waals surface area contributed by atoms with E-state index in [1.165, 1.54) is 22.9 Å². The lowest BCUT2D eigenvalue weighted by Gasteiger charge is -1.99. The highest BCUT2D eigenvalue weighted by Gasteiger charge is 2.11. The molecule has 26 heavy (non-hydrogen) atoms. The van der Waals surface area contributed by atoms with E-state index in [1.807, 2.05) is 6.07 Å².